The quantitative estimate of drug-likeness (QED) is 0.791. The molecule has 0 saturated heterocycles. The lowest BCUT2D eigenvalue weighted by atomic mass is 10.2. The average Bonchev–Trinajstić information content (AvgIpc) is 3.02. The molecular weight excluding hydrogens is 178 g/mol. The summed E-state index contributed by atoms with van der Waals surface area (Å²) in [7, 11) is 0. The number of hydrogen-bond donors (Lipinski definition) is 1. The summed E-state index contributed by atoms with van der Waals surface area (Å²) in [6, 6.07) is 0. The molecule has 0 aliphatic heterocycles. The van der Waals surface area contributed by atoms with Crippen molar-refractivity contribution in [3.8, 4) is 0 Å². The second-order valence-electron chi connectivity index (χ2n) is 3.52. The van der Waals surface area contributed by atoms with Crippen molar-refractivity contribution in [1.82, 2.24) is 9.97 Å². The van der Waals surface area contributed by atoms with Gasteiger partial charge in [0.25, 0.3) is 0 Å². The summed E-state index contributed by atoms with van der Waals surface area (Å²) in [4.78, 5) is 19.2. The van der Waals surface area contributed by atoms with Gasteiger partial charge in [-0.15, -0.1) is 0 Å². The van der Waals surface area contributed by atoms with E-state index in [1.165, 1.54) is 18.4 Å². The molecule has 0 spiro atoms. The first-order chi connectivity index (χ1) is 6.79. The molecule has 1 saturated carbocycles. The Morgan fingerprint density at radius 1 is 1.50 bits per heavy atom. The van der Waals surface area contributed by atoms with Gasteiger partial charge in [-0.3, -0.25) is 10.1 Å². The molecule has 2 rings (SSSR count). The summed E-state index contributed by atoms with van der Waals surface area (Å²) >= 11 is 0. The Bertz CT molecular complexity index is 330. The second-order valence-corrected chi connectivity index (χ2v) is 3.52. The number of nitrogens with one attached hydrogen (secondary N) is 1. The molecule has 0 unspecified atom stereocenters. The van der Waals surface area contributed by atoms with Gasteiger partial charge in [-0.05, 0) is 24.3 Å². The van der Waals surface area contributed by atoms with Crippen LogP contribution in [0.5, 0.6) is 0 Å². The van der Waals surface area contributed by atoms with Crippen LogP contribution in [0, 0.1) is 0 Å². The van der Waals surface area contributed by atoms with E-state index in [2.05, 4.69) is 15.3 Å². The predicted molar refractivity (Wildman–Crippen MR) is 52.9 cm³/mol. The molecule has 1 fully saturated rings. The lowest BCUT2D eigenvalue weighted by Crippen LogP contribution is -2.12. The summed E-state index contributed by atoms with van der Waals surface area (Å²) in [5.74, 6) is 1.01. The number of hydrogen-bond acceptors (Lipinski definition) is 3. The van der Waals surface area contributed by atoms with Crippen LogP contribution in [0.15, 0.2) is 12.4 Å². The normalized spacial score (nSPS) is 15.2. The van der Waals surface area contributed by atoms with Crippen LogP contribution in [0.3, 0.4) is 0 Å². The van der Waals surface area contributed by atoms with Crippen LogP contribution in [0.4, 0.5) is 5.95 Å². The Hall–Kier alpha value is -1.45. The van der Waals surface area contributed by atoms with E-state index >= 15 is 0 Å². The molecule has 1 aromatic rings. The molecule has 1 amide bonds. The standard InChI is InChI=1S/C10H13N3O/c1-2-9(14)13-10-11-5-8(6-12-10)7-3-4-7/h5-7H,2-4H2,1H3,(H,11,12,13,14). The van der Waals surface area contributed by atoms with Gasteiger partial charge in [-0.1, -0.05) is 6.92 Å². The SMILES string of the molecule is CCC(=O)Nc1ncc(C2CC2)cn1. The third-order valence-electron chi connectivity index (χ3n) is 2.29. The third kappa shape index (κ3) is 2.07. The van der Waals surface area contributed by atoms with Crippen LogP contribution in [-0.2, 0) is 4.79 Å². The van der Waals surface area contributed by atoms with E-state index in [9.17, 15) is 4.79 Å². The number of nitrogens with zero attached hydrogens (tertiary/aromatic N) is 2. The van der Waals surface area contributed by atoms with Crippen molar-refractivity contribution in [2.75, 3.05) is 5.32 Å². The zero-order valence-corrected chi connectivity index (χ0v) is 8.16. The number of rotatable bonds is 3. The van der Waals surface area contributed by atoms with Crippen molar-refractivity contribution in [1.29, 1.82) is 0 Å². The molecule has 1 aromatic heterocycles. The first-order valence-electron chi connectivity index (χ1n) is 4.91. The number of anilines is 1. The topological polar surface area (TPSA) is 54.9 Å². The van der Waals surface area contributed by atoms with Gasteiger partial charge in [0, 0.05) is 18.8 Å². The maximum atomic E-state index is 11.0. The molecule has 4 heteroatoms. The predicted octanol–water partition coefficient (Wildman–Crippen LogP) is 1.70. The number of carbonyl (C=O) groups is 1. The van der Waals surface area contributed by atoms with Crippen LogP contribution in [0.2, 0.25) is 0 Å². The minimum atomic E-state index is -0.0517. The Kier molecular flexibility index (Phi) is 2.43. The molecule has 1 N–H and O–H groups in total. The second kappa shape index (κ2) is 3.74. The van der Waals surface area contributed by atoms with Gasteiger partial charge >= 0.3 is 0 Å². The Labute approximate surface area is 82.8 Å². The molecule has 14 heavy (non-hydrogen) atoms. The molecule has 0 bridgehead atoms. The van der Waals surface area contributed by atoms with Gasteiger partial charge in [-0.25, -0.2) is 9.97 Å². The fourth-order valence-corrected chi connectivity index (χ4v) is 1.24. The highest BCUT2D eigenvalue weighted by atomic mass is 16.1. The summed E-state index contributed by atoms with van der Waals surface area (Å²) in [6.07, 6.45) is 6.54. The van der Waals surface area contributed by atoms with Gasteiger partial charge in [0.1, 0.15) is 0 Å². The van der Waals surface area contributed by atoms with Crippen LogP contribution < -0.4 is 5.32 Å². The van der Waals surface area contributed by atoms with E-state index in [0.29, 0.717) is 18.3 Å². The third-order valence-corrected chi connectivity index (χ3v) is 2.29. The van der Waals surface area contributed by atoms with Crippen molar-refractivity contribution in [2.24, 2.45) is 0 Å². The van der Waals surface area contributed by atoms with E-state index in [4.69, 9.17) is 0 Å². The molecule has 1 aliphatic rings. The summed E-state index contributed by atoms with van der Waals surface area (Å²) in [5.41, 5.74) is 1.18. The monoisotopic (exact) mass is 191 g/mol. The van der Waals surface area contributed by atoms with Crippen LogP contribution >= 0.6 is 0 Å². The smallest absolute Gasteiger partial charge is 0.229 e. The Morgan fingerprint density at radius 3 is 2.64 bits per heavy atom. The molecule has 1 heterocycles. The molecule has 0 aromatic carbocycles. The summed E-state index contributed by atoms with van der Waals surface area (Å²) in [6.45, 7) is 1.80. The highest BCUT2D eigenvalue weighted by Crippen LogP contribution is 2.39. The maximum absolute atomic E-state index is 11.0. The van der Waals surface area contributed by atoms with Crippen molar-refractivity contribution in [2.45, 2.75) is 32.1 Å². The van der Waals surface area contributed by atoms with E-state index in [-0.39, 0.29) is 5.91 Å². The van der Waals surface area contributed by atoms with Gasteiger partial charge < -0.3 is 0 Å². The first kappa shape index (κ1) is 9.12. The molecule has 0 radical (unpaired) electrons. The maximum Gasteiger partial charge on any atom is 0.229 e. The van der Waals surface area contributed by atoms with Crippen molar-refractivity contribution >= 4 is 11.9 Å². The minimum Gasteiger partial charge on any atom is -0.295 e. The van der Waals surface area contributed by atoms with Gasteiger partial charge in [0.05, 0.1) is 0 Å². The van der Waals surface area contributed by atoms with E-state index in [1.54, 1.807) is 19.3 Å². The molecule has 4 nitrogen and oxygen atoms in total. The highest BCUT2D eigenvalue weighted by molar-refractivity contribution is 5.88. The van der Waals surface area contributed by atoms with E-state index in [0.717, 1.165) is 0 Å². The molecule has 1 aliphatic carbocycles. The zero-order valence-electron chi connectivity index (χ0n) is 8.16. The van der Waals surface area contributed by atoms with Gasteiger partial charge in [-0.2, -0.15) is 0 Å². The Morgan fingerprint density at radius 2 is 2.14 bits per heavy atom. The van der Waals surface area contributed by atoms with E-state index in [1.807, 2.05) is 0 Å². The largest absolute Gasteiger partial charge is 0.295 e. The lowest BCUT2D eigenvalue weighted by Gasteiger charge is -2.01. The number of aromatic nitrogens is 2. The van der Waals surface area contributed by atoms with Gasteiger partial charge in [0.2, 0.25) is 11.9 Å². The average molecular weight is 191 g/mol. The summed E-state index contributed by atoms with van der Waals surface area (Å²) in [5, 5.41) is 2.62. The highest BCUT2D eigenvalue weighted by Gasteiger charge is 2.23. The van der Waals surface area contributed by atoms with E-state index < -0.39 is 0 Å². The summed E-state index contributed by atoms with van der Waals surface area (Å²) < 4.78 is 0. The zero-order chi connectivity index (χ0) is 9.97. The fourth-order valence-electron chi connectivity index (χ4n) is 1.24. The molecule has 0 atom stereocenters. The van der Waals surface area contributed by atoms with Gasteiger partial charge in [0.15, 0.2) is 0 Å². The fraction of sp³-hybridized carbons (Fsp3) is 0.500. The molecule has 74 valence electrons. The first-order valence-corrected chi connectivity index (χ1v) is 4.91. The van der Waals surface area contributed by atoms with Crippen molar-refractivity contribution < 1.29 is 4.79 Å². The van der Waals surface area contributed by atoms with Crippen LogP contribution in [-0.4, -0.2) is 15.9 Å². The molecular formula is C10H13N3O. The van der Waals surface area contributed by atoms with Crippen LogP contribution in [0.1, 0.15) is 37.7 Å². The number of amides is 1. The van der Waals surface area contributed by atoms with Crippen molar-refractivity contribution in [3.63, 3.8) is 0 Å². The lowest BCUT2D eigenvalue weighted by molar-refractivity contribution is -0.115. The van der Waals surface area contributed by atoms with Crippen molar-refractivity contribution in [3.05, 3.63) is 18.0 Å². The number of carbonyl (C=O) groups excluding carboxylic acids is 1. The van der Waals surface area contributed by atoms with Crippen LogP contribution in [0.25, 0.3) is 0 Å². The Balaban J connectivity index is 2.02. The minimum absolute atomic E-state index is 0.0517.